The minimum atomic E-state index is 0. The molecule has 0 saturated carbocycles. The molecule has 0 fully saturated rings. The molecule has 0 aliphatic rings. The van der Waals surface area contributed by atoms with E-state index in [9.17, 15) is 0 Å². The van der Waals surface area contributed by atoms with Gasteiger partial charge in [-0.1, -0.05) is 347 Å². The number of rotatable bonds is 6. The third-order valence-electron chi connectivity index (χ3n) is 19.4. The fraction of sp³-hybridized carbons (Fsp3) is 0.0189. The Balaban J connectivity index is 0.000000173. The third-order valence-corrected chi connectivity index (χ3v) is 22.9. The van der Waals surface area contributed by atoms with Gasteiger partial charge in [0.1, 0.15) is 0 Å². The van der Waals surface area contributed by atoms with E-state index in [2.05, 4.69) is 400 Å². The molecule has 0 aliphatic heterocycles. The van der Waals surface area contributed by atoms with Gasteiger partial charge in [-0.25, -0.2) is 0 Å². The molecule has 0 heterocycles. The van der Waals surface area contributed by atoms with Crippen LogP contribution in [0, 0.1) is 58.6 Å². The van der Waals surface area contributed by atoms with E-state index in [-0.39, 0.29) is 14.9 Å². The highest BCUT2D eigenvalue weighted by Gasteiger charge is 2.20. The number of terminal acetylenes is 1. The number of hydrogen-bond donors (Lipinski definition) is 0. The fourth-order valence-corrected chi connectivity index (χ4v) is 16.9. The molecule has 0 aliphatic carbocycles. The summed E-state index contributed by atoms with van der Waals surface area (Å²) in [5.41, 5.74) is 20.8. The Hall–Kier alpha value is -12.1. The molecule has 0 N–H and O–H groups in total. The van der Waals surface area contributed by atoms with Gasteiger partial charge in [0.2, 0.25) is 0 Å². The molecule has 0 bridgehead atoms. The van der Waals surface area contributed by atoms with Crippen LogP contribution in [-0.2, 0) is 0 Å². The lowest BCUT2D eigenvalue weighted by Crippen LogP contribution is -1.94. The Morgan fingerprint density at radius 2 is 0.376 bits per heavy atom. The third kappa shape index (κ3) is 16.2. The van der Waals surface area contributed by atoms with Crippen molar-refractivity contribution in [2.24, 2.45) is 0 Å². The zero-order chi connectivity index (χ0) is 72.4. The topological polar surface area (TPSA) is 0 Å². The average molecular weight is 1730 g/mol. The van der Waals surface area contributed by atoms with Gasteiger partial charge in [0.15, 0.2) is 0 Å². The summed E-state index contributed by atoms with van der Waals surface area (Å²) in [6.45, 7) is 0. The van der Waals surface area contributed by atoms with Gasteiger partial charge in [0.25, 0.3) is 0 Å². The van der Waals surface area contributed by atoms with E-state index in [1.54, 1.807) is 0 Å². The molecule has 0 nitrogen and oxygen atoms in total. The predicted octanol–water partition coefficient (Wildman–Crippen LogP) is 29.2. The number of fused-ring (bicyclic) bond motifs is 6. The van der Waals surface area contributed by atoms with Crippen LogP contribution < -0.4 is 0 Å². The Morgan fingerprint density at radius 3 is 0.615 bits per heavy atom. The van der Waals surface area contributed by atoms with Crippen molar-refractivity contribution in [2.75, 3.05) is 0 Å². The van der Waals surface area contributed by atoms with Crippen LogP contribution in [-0.4, -0.2) is 0 Å². The SMILES string of the molecule is C.C.C#Cc1ccccc1.C(#Cc1c(-c2cc(-c3ccc4ccccc4c3C#Cc3ccccc3)cc(-c3ccc4ccccc4c3C#Cc3ccccc3)c2)ccc2ccccc12)c1ccccc1.Ic1c(-c2cc(-c3ccc4ccccc4c3I)cc(-c3ccc4ccccc4c3I)c2)ccc2ccccc12. The molecule has 0 unspecified atom stereocenters. The van der Waals surface area contributed by atoms with E-state index in [0.29, 0.717) is 0 Å². The minimum absolute atomic E-state index is 0. The van der Waals surface area contributed by atoms with Gasteiger partial charge in [-0.05, 0) is 284 Å². The van der Waals surface area contributed by atoms with Crippen LogP contribution >= 0.6 is 67.8 Å². The first kappa shape index (κ1) is 73.8. The lowest BCUT2D eigenvalue weighted by molar-refractivity contribution is 1.56. The molecular weight excluding hydrogens is 1650 g/mol. The second kappa shape index (κ2) is 34.2. The van der Waals surface area contributed by atoms with Crippen molar-refractivity contribution >= 4 is 132 Å². The zero-order valence-corrected chi connectivity index (χ0v) is 64.5. The van der Waals surface area contributed by atoms with Crippen molar-refractivity contribution in [2.45, 2.75) is 14.9 Å². The van der Waals surface area contributed by atoms with Crippen LogP contribution in [0.3, 0.4) is 0 Å². The Kier molecular flexibility index (Phi) is 23.2. The van der Waals surface area contributed by atoms with E-state index in [1.165, 1.54) is 76.4 Å². The summed E-state index contributed by atoms with van der Waals surface area (Å²) in [6, 6.07) is 133. The van der Waals surface area contributed by atoms with Crippen LogP contribution in [0.15, 0.2) is 376 Å². The largest absolute Gasteiger partial charge is 0.115 e. The summed E-state index contributed by atoms with van der Waals surface area (Å²) in [7, 11) is 0. The van der Waals surface area contributed by atoms with Crippen LogP contribution in [0.5, 0.6) is 0 Å². The number of benzene rings is 18. The monoisotopic (exact) mass is 1720 g/mol. The summed E-state index contributed by atoms with van der Waals surface area (Å²) >= 11 is 7.59. The summed E-state index contributed by atoms with van der Waals surface area (Å²) in [5.74, 6) is 23.9. The summed E-state index contributed by atoms with van der Waals surface area (Å²) in [5, 5.41) is 14.5. The molecule has 0 aromatic heterocycles. The molecule has 0 saturated heterocycles. The smallest absolute Gasteiger partial charge is 0.0405 e. The molecule has 0 amide bonds. The van der Waals surface area contributed by atoms with E-state index < -0.39 is 0 Å². The van der Waals surface area contributed by atoms with Crippen molar-refractivity contribution < 1.29 is 0 Å². The molecule has 3 heteroatoms. The summed E-state index contributed by atoms with van der Waals surface area (Å²) in [6.07, 6.45) is 5.10. The quantitative estimate of drug-likeness (QED) is 0.115. The van der Waals surface area contributed by atoms with Crippen molar-refractivity contribution in [3.63, 3.8) is 0 Å². The van der Waals surface area contributed by atoms with E-state index in [4.69, 9.17) is 6.42 Å². The highest BCUT2D eigenvalue weighted by molar-refractivity contribution is 14.1. The first-order valence-corrected chi connectivity index (χ1v) is 38.6. The maximum atomic E-state index is 5.10. The second-order valence-corrected chi connectivity index (χ2v) is 29.3. The Labute approximate surface area is 681 Å². The van der Waals surface area contributed by atoms with Gasteiger partial charge in [-0.2, -0.15) is 0 Å². The molecule has 0 spiro atoms. The molecule has 516 valence electrons. The van der Waals surface area contributed by atoms with Crippen molar-refractivity contribution in [3.05, 3.63) is 426 Å². The fourth-order valence-electron chi connectivity index (χ4n) is 14.0. The maximum Gasteiger partial charge on any atom is 0.0405 e. The number of hydrogen-bond acceptors (Lipinski definition) is 0. The lowest BCUT2D eigenvalue weighted by Gasteiger charge is -2.17. The van der Waals surface area contributed by atoms with Gasteiger partial charge in [-0.3, -0.25) is 0 Å². The summed E-state index contributed by atoms with van der Waals surface area (Å²) in [4.78, 5) is 0. The van der Waals surface area contributed by atoms with Gasteiger partial charge >= 0.3 is 0 Å². The molecule has 18 aromatic carbocycles. The van der Waals surface area contributed by atoms with Crippen LogP contribution in [0.25, 0.3) is 131 Å². The van der Waals surface area contributed by atoms with Gasteiger partial charge in [0.05, 0.1) is 0 Å². The highest BCUT2D eigenvalue weighted by atomic mass is 127. The molecular formula is C106H71I3. The average Bonchev–Trinajstić information content (AvgIpc) is 0.762. The van der Waals surface area contributed by atoms with Crippen molar-refractivity contribution in [3.8, 4) is 115 Å². The van der Waals surface area contributed by atoms with Gasteiger partial charge in [0, 0.05) is 49.7 Å². The predicted molar refractivity (Wildman–Crippen MR) is 494 cm³/mol. The standard InChI is InChI=1S/C60H36.C36H21I3.C8H6.2CH4/c1-4-16-43(17-5-1)28-34-58-52-25-13-10-22-46(52)31-37-55(58)49-40-50(56-38-32-47-23-11-14-26-53(47)59(56)35-29-44-18-6-2-7-19-44)42-51(41-49)57-39-33-48-24-12-15-27-54(48)60(57)36-30-45-20-8-3-9-21-45;37-34-28-10-4-1-7-22(28)13-16-31(34)25-19-26(32-17-14-23-8-2-5-11-29(23)35(32)38)21-27(20-25)33-18-15-24-9-3-6-12-30(24)36(33)39;1-2-8-6-4-3-5-7-8;;/h1-27,31-33,37-42H;1-21H;1,3-7H;2*1H4. The van der Waals surface area contributed by atoms with Crippen molar-refractivity contribution in [1.29, 1.82) is 0 Å². The van der Waals surface area contributed by atoms with Crippen molar-refractivity contribution in [1.82, 2.24) is 0 Å². The first-order chi connectivity index (χ1) is 52.8. The van der Waals surface area contributed by atoms with E-state index >= 15 is 0 Å². The van der Waals surface area contributed by atoms with E-state index in [1.807, 2.05) is 84.9 Å². The van der Waals surface area contributed by atoms with Crippen LogP contribution in [0.1, 0.15) is 53.8 Å². The molecule has 0 radical (unpaired) electrons. The van der Waals surface area contributed by atoms with E-state index in [0.717, 1.165) is 105 Å². The van der Waals surface area contributed by atoms with Gasteiger partial charge < -0.3 is 0 Å². The summed E-state index contributed by atoms with van der Waals surface area (Å²) < 4.78 is 3.86. The Bertz CT molecular complexity index is 6040. The Morgan fingerprint density at radius 1 is 0.183 bits per heavy atom. The lowest BCUT2D eigenvalue weighted by atomic mass is 9.86. The zero-order valence-electron chi connectivity index (χ0n) is 58.0. The normalized spacial score (nSPS) is 10.5. The maximum absolute atomic E-state index is 5.10. The first-order valence-electron chi connectivity index (χ1n) is 35.4. The molecule has 0 atom stereocenters. The molecule has 109 heavy (non-hydrogen) atoms. The number of halogens is 3. The molecule has 18 aromatic rings. The molecule has 18 rings (SSSR count). The highest BCUT2D eigenvalue weighted by Crippen LogP contribution is 2.44. The van der Waals surface area contributed by atoms with Crippen LogP contribution in [0.4, 0.5) is 0 Å². The van der Waals surface area contributed by atoms with Crippen LogP contribution in [0.2, 0.25) is 0 Å². The minimum Gasteiger partial charge on any atom is -0.115 e. The van der Waals surface area contributed by atoms with Gasteiger partial charge in [-0.15, -0.1) is 6.42 Å². The second-order valence-electron chi connectivity index (χ2n) is 26.0.